The van der Waals surface area contributed by atoms with E-state index in [4.69, 9.17) is 10.00 Å². The van der Waals surface area contributed by atoms with Crippen LogP contribution in [0.25, 0.3) is 0 Å². The van der Waals surface area contributed by atoms with Crippen LogP contribution in [0.5, 0.6) is 0 Å². The minimum Gasteiger partial charge on any atom is -0.449 e. The van der Waals surface area contributed by atoms with Gasteiger partial charge in [-0.2, -0.15) is 18.4 Å². The second-order valence-corrected chi connectivity index (χ2v) is 9.20. The number of hydrogen-bond acceptors (Lipinski definition) is 8. The summed E-state index contributed by atoms with van der Waals surface area (Å²) in [5.41, 5.74) is -4.59. The van der Waals surface area contributed by atoms with Crippen LogP contribution in [0.4, 0.5) is 32.6 Å². The van der Waals surface area contributed by atoms with Crippen molar-refractivity contribution in [2.75, 3.05) is 5.32 Å². The summed E-state index contributed by atoms with van der Waals surface area (Å²) in [7, 11) is 0. The third-order valence-electron chi connectivity index (χ3n) is 5.00. The summed E-state index contributed by atoms with van der Waals surface area (Å²) < 4.78 is 80.7. The molecule has 0 saturated carbocycles. The van der Waals surface area contributed by atoms with Gasteiger partial charge in [0.1, 0.15) is 40.2 Å². The van der Waals surface area contributed by atoms with Crippen LogP contribution in [0, 0.1) is 17.1 Å². The highest BCUT2D eigenvalue weighted by atomic mass is 19.4. The number of carbonyl (C=O) groups is 2. The van der Waals surface area contributed by atoms with Gasteiger partial charge in [0.25, 0.3) is 11.9 Å². The molecule has 3 atom stereocenters. The summed E-state index contributed by atoms with van der Waals surface area (Å²) in [6, 6.07) is 5.02. The third kappa shape index (κ3) is 6.31. The Morgan fingerprint density at radius 3 is 2.39 bits per heavy atom. The molecule has 3 rings (SSSR count). The number of carbonyl (C=O) groups excluding carboxylic acids is 2. The monoisotopic (exact) mass is 540 g/mol. The van der Waals surface area contributed by atoms with Crippen molar-refractivity contribution in [2.24, 2.45) is 4.99 Å². The molecule has 2 amide bonds. The number of ether oxygens (including phenoxy) is 2. The number of nitrogens with one attached hydrogen (secondary N) is 2. The van der Waals surface area contributed by atoms with Crippen molar-refractivity contribution in [3.8, 4) is 6.07 Å². The standard InChI is InChI=1S/C23H21F5N6O4/c1-21(2,3)38-20(36)33-19-34-22(4,15(25)17(37-19)23(26,27)28)16-12(24)6-8-14(31-16)32-18(35)13-7-5-11(9-29)10-30-13/h5-8,10,15,17H,1-4H3,(H,31,32,35)(H,33,34,36)/t15-,17-,22-/m0/s1. The number of hydrogen-bond donors (Lipinski definition) is 2. The second kappa shape index (κ2) is 10.2. The number of anilines is 1. The van der Waals surface area contributed by atoms with Crippen molar-refractivity contribution in [2.45, 2.75) is 57.3 Å². The Morgan fingerprint density at radius 1 is 1.16 bits per heavy atom. The molecule has 1 aliphatic heterocycles. The van der Waals surface area contributed by atoms with Crippen LogP contribution in [0.15, 0.2) is 35.5 Å². The summed E-state index contributed by atoms with van der Waals surface area (Å²) in [5, 5.41) is 13.0. The van der Waals surface area contributed by atoms with Gasteiger partial charge in [-0.15, -0.1) is 0 Å². The minimum atomic E-state index is -5.29. The lowest BCUT2D eigenvalue weighted by Gasteiger charge is -2.39. The maximum absolute atomic E-state index is 15.3. The molecule has 15 heteroatoms. The number of alkyl carbamates (subject to hydrolysis) is 1. The van der Waals surface area contributed by atoms with Gasteiger partial charge >= 0.3 is 12.3 Å². The van der Waals surface area contributed by atoms with Crippen molar-refractivity contribution in [1.29, 1.82) is 5.26 Å². The molecule has 0 radical (unpaired) electrons. The van der Waals surface area contributed by atoms with E-state index in [9.17, 15) is 27.2 Å². The predicted octanol–water partition coefficient (Wildman–Crippen LogP) is 4.13. The Morgan fingerprint density at radius 2 is 1.84 bits per heavy atom. The number of nitriles is 1. The number of nitrogens with zero attached hydrogens (tertiary/aromatic N) is 4. The van der Waals surface area contributed by atoms with E-state index < -0.39 is 59.1 Å². The van der Waals surface area contributed by atoms with Crippen LogP contribution in [-0.4, -0.2) is 52.0 Å². The van der Waals surface area contributed by atoms with Gasteiger partial charge in [-0.1, -0.05) is 0 Å². The molecule has 3 heterocycles. The Bertz CT molecular complexity index is 1300. The zero-order valence-corrected chi connectivity index (χ0v) is 20.4. The first-order valence-corrected chi connectivity index (χ1v) is 10.9. The van der Waals surface area contributed by atoms with Crippen molar-refractivity contribution < 1.29 is 41.0 Å². The van der Waals surface area contributed by atoms with Gasteiger partial charge in [0.05, 0.1) is 5.56 Å². The molecule has 2 aromatic rings. The molecule has 0 fully saturated rings. The number of amidine groups is 1. The van der Waals surface area contributed by atoms with Gasteiger partial charge in [0.15, 0.2) is 6.17 Å². The highest BCUT2D eigenvalue weighted by Gasteiger charge is 2.59. The first-order valence-electron chi connectivity index (χ1n) is 10.9. The molecule has 0 spiro atoms. The van der Waals surface area contributed by atoms with E-state index in [1.165, 1.54) is 32.9 Å². The fourth-order valence-electron chi connectivity index (χ4n) is 3.28. The fraction of sp³-hybridized carbons (Fsp3) is 0.391. The molecule has 38 heavy (non-hydrogen) atoms. The van der Waals surface area contributed by atoms with Gasteiger partial charge in [-0.25, -0.2) is 33.9 Å². The molecule has 1 aliphatic rings. The largest absolute Gasteiger partial charge is 0.449 e. The topological polar surface area (TPSA) is 139 Å². The Kier molecular flexibility index (Phi) is 7.57. The highest BCUT2D eigenvalue weighted by Crippen LogP contribution is 2.42. The van der Waals surface area contributed by atoms with Gasteiger partial charge in [-0.05, 0) is 52.0 Å². The predicted molar refractivity (Wildman–Crippen MR) is 121 cm³/mol. The van der Waals surface area contributed by atoms with E-state index in [1.54, 1.807) is 0 Å². The summed E-state index contributed by atoms with van der Waals surface area (Å²) in [6.45, 7) is 5.30. The lowest BCUT2D eigenvalue weighted by Crippen LogP contribution is -2.57. The molecule has 202 valence electrons. The van der Waals surface area contributed by atoms with Gasteiger partial charge in [0, 0.05) is 6.20 Å². The summed E-state index contributed by atoms with van der Waals surface area (Å²) in [6.07, 6.45) is -11.6. The van der Waals surface area contributed by atoms with Crippen LogP contribution in [0.1, 0.15) is 49.4 Å². The fourth-order valence-corrected chi connectivity index (χ4v) is 3.28. The number of alkyl halides is 4. The Hall–Kier alpha value is -4.35. The van der Waals surface area contributed by atoms with Gasteiger partial charge in [0.2, 0.25) is 6.10 Å². The molecule has 10 nitrogen and oxygen atoms in total. The number of aliphatic imine (C=N–C) groups is 1. The number of halogens is 5. The average Bonchev–Trinajstić information content (AvgIpc) is 2.80. The first-order chi connectivity index (χ1) is 17.5. The van der Waals surface area contributed by atoms with Crippen molar-refractivity contribution >= 4 is 23.8 Å². The van der Waals surface area contributed by atoms with E-state index in [0.29, 0.717) is 0 Å². The first kappa shape index (κ1) is 28.2. The van der Waals surface area contributed by atoms with E-state index in [1.807, 2.05) is 11.4 Å². The summed E-state index contributed by atoms with van der Waals surface area (Å²) in [4.78, 5) is 35.9. The molecule has 2 N–H and O–H groups in total. The maximum atomic E-state index is 15.3. The Balaban J connectivity index is 2.00. The van der Waals surface area contributed by atoms with E-state index in [-0.39, 0.29) is 17.1 Å². The van der Waals surface area contributed by atoms with E-state index >= 15 is 4.39 Å². The smallest absolute Gasteiger partial charge is 0.428 e. The van der Waals surface area contributed by atoms with Crippen molar-refractivity contribution in [3.63, 3.8) is 0 Å². The highest BCUT2D eigenvalue weighted by molar-refractivity contribution is 6.02. The summed E-state index contributed by atoms with van der Waals surface area (Å²) in [5.74, 6) is -2.46. The molecular weight excluding hydrogens is 519 g/mol. The van der Waals surface area contributed by atoms with Crippen molar-refractivity contribution in [1.82, 2.24) is 15.3 Å². The van der Waals surface area contributed by atoms with Crippen LogP contribution in [0.2, 0.25) is 0 Å². The van der Waals surface area contributed by atoms with Gasteiger partial charge in [-0.3, -0.25) is 4.79 Å². The molecule has 0 saturated heterocycles. The molecule has 2 aromatic heterocycles. The number of pyridine rings is 2. The normalized spacial score (nSPS) is 21.4. The van der Waals surface area contributed by atoms with Crippen LogP contribution in [-0.2, 0) is 15.0 Å². The molecule has 0 unspecified atom stereocenters. The lowest BCUT2D eigenvalue weighted by molar-refractivity contribution is -0.228. The molecule has 0 aromatic carbocycles. The van der Waals surface area contributed by atoms with Gasteiger partial charge < -0.3 is 14.8 Å². The van der Waals surface area contributed by atoms with E-state index in [2.05, 4.69) is 25.0 Å². The number of amides is 2. The van der Waals surface area contributed by atoms with Crippen molar-refractivity contribution in [3.05, 3.63) is 53.2 Å². The minimum absolute atomic E-state index is 0.156. The number of aromatic nitrogens is 2. The zero-order chi connectivity index (χ0) is 28.5. The zero-order valence-electron chi connectivity index (χ0n) is 20.4. The SMILES string of the molecule is CC(C)(C)OC(=O)NC1=N[C@](C)(c2nc(NC(=O)c3ccc(C#N)cn3)ccc2F)[C@@H](F)[C@@H](C(F)(F)F)O1. The third-order valence-corrected chi connectivity index (χ3v) is 5.00. The average molecular weight is 540 g/mol. The lowest BCUT2D eigenvalue weighted by atomic mass is 9.87. The summed E-state index contributed by atoms with van der Waals surface area (Å²) >= 11 is 0. The molecule has 0 bridgehead atoms. The maximum Gasteiger partial charge on any atom is 0.428 e. The van der Waals surface area contributed by atoms with Crippen LogP contribution in [0.3, 0.4) is 0 Å². The molecular formula is C23H21F5N6O4. The Labute approximate surface area is 212 Å². The van der Waals surface area contributed by atoms with E-state index in [0.717, 1.165) is 25.3 Å². The molecule has 0 aliphatic carbocycles. The van der Waals surface area contributed by atoms with Crippen LogP contribution < -0.4 is 10.6 Å². The number of rotatable bonds is 3. The quantitative estimate of drug-likeness (QED) is 0.558. The second-order valence-electron chi connectivity index (χ2n) is 9.20. The van der Waals surface area contributed by atoms with Crippen LogP contribution >= 0.6 is 0 Å².